The normalized spacial score (nSPS) is 21.8. The number of hydroxylamine groups is 2. The molecule has 7 rings (SSSR count). The second kappa shape index (κ2) is 18.5. The summed E-state index contributed by atoms with van der Waals surface area (Å²) in [5.74, 6) is 1.50. The number of nitrogens with zero attached hydrogens (tertiary/aromatic N) is 3. The van der Waals surface area contributed by atoms with Gasteiger partial charge >= 0.3 is 0 Å². The number of hydrogen-bond acceptors (Lipinski definition) is 5. The standard InChI is InChI=1S/C50H61N3O3/c1-38(51-33-35-52(36-34-51)50(43-22-14-10-15-23-43,44-24-16-11-17-25-44)45-26-18-12-19-27-45)21-13-8-6-4-5-7-9-20-28-46(54)32-29-39(2)56-53-40(3)47-41-30-31-42(37-41)48(47)49(53)55/h10-12,14-19,22-27,30-31,41-42,47-48H,1-9,13,20-21,28-29,32-37H2. The van der Waals surface area contributed by atoms with Crippen LogP contribution in [-0.4, -0.2) is 52.7 Å². The van der Waals surface area contributed by atoms with Crippen LogP contribution in [0.3, 0.4) is 0 Å². The second-order valence-corrected chi connectivity index (χ2v) is 16.5. The number of allylic oxidation sites excluding steroid dienone is 5. The maximum absolute atomic E-state index is 13.0. The smallest absolute Gasteiger partial charge is 0.264 e. The fourth-order valence-corrected chi connectivity index (χ4v) is 10.0. The lowest BCUT2D eigenvalue weighted by Gasteiger charge is -2.49. The van der Waals surface area contributed by atoms with E-state index in [4.69, 9.17) is 4.84 Å². The molecule has 1 amide bonds. The van der Waals surface area contributed by atoms with E-state index < -0.39 is 0 Å². The minimum absolute atomic E-state index is 0.00571. The summed E-state index contributed by atoms with van der Waals surface area (Å²) >= 11 is 0. The van der Waals surface area contributed by atoms with Gasteiger partial charge in [0, 0.05) is 57.1 Å². The summed E-state index contributed by atoms with van der Waals surface area (Å²) in [7, 11) is 0. The number of hydrogen-bond donors (Lipinski definition) is 0. The van der Waals surface area contributed by atoms with Crippen molar-refractivity contribution in [2.45, 2.75) is 89.0 Å². The van der Waals surface area contributed by atoms with Crippen LogP contribution in [0.15, 0.2) is 140 Å². The van der Waals surface area contributed by atoms with Gasteiger partial charge in [0.15, 0.2) is 0 Å². The van der Waals surface area contributed by atoms with Gasteiger partial charge in [-0.25, -0.2) is 0 Å². The summed E-state index contributed by atoms with van der Waals surface area (Å²) in [6.45, 7) is 16.6. The van der Waals surface area contributed by atoms with Gasteiger partial charge in [0.1, 0.15) is 11.5 Å². The van der Waals surface area contributed by atoms with Crippen molar-refractivity contribution in [3.8, 4) is 0 Å². The predicted molar refractivity (Wildman–Crippen MR) is 226 cm³/mol. The number of benzene rings is 3. The number of amides is 1. The van der Waals surface area contributed by atoms with Crippen molar-refractivity contribution in [3.05, 3.63) is 157 Å². The lowest BCUT2D eigenvalue weighted by Crippen LogP contribution is -2.56. The quantitative estimate of drug-likeness (QED) is 0.0470. The van der Waals surface area contributed by atoms with E-state index in [0.29, 0.717) is 36.9 Å². The van der Waals surface area contributed by atoms with Gasteiger partial charge in [-0.2, -0.15) is 0 Å². The van der Waals surface area contributed by atoms with Crippen LogP contribution in [0.5, 0.6) is 0 Å². The summed E-state index contributed by atoms with van der Waals surface area (Å²) in [6.07, 6.45) is 17.3. The molecule has 2 aliphatic carbocycles. The van der Waals surface area contributed by atoms with Gasteiger partial charge in [0.05, 0.1) is 17.2 Å². The van der Waals surface area contributed by atoms with Crippen LogP contribution in [-0.2, 0) is 20.0 Å². The molecule has 2 saturated heterocycles. The zero-order valence-electron chi connectivity index (χ0n) is 33.3. The summed E-state index contributed by atoms with van der Waals surface area (Å²) in [5.41, 5.74) is 5.57. The Kier molecular flexibility index (Phi) is 13.1. The van der Waals surface area contributed by atoms with Crippen LogP contribution < -0.4 is 0 Å². The third-order valence-electron chi connectivity index (χ3n) is 12.9. The maximum Gasteiger partial charge on any atom is 0.264 e. The Balaban J connectivity index is 0.753. The largest absolute Gasteiger partial charge is 0.377 e. The molecule has 3 aromatic rings. The average Bonchev–Trinajstić information content (AvgIpc) is 3.93. The van der Waals surface area contributed by atoms with Gasteiger partial charge in [-0.3, -0.25) is 14.5 Å². The highest BCUT2D eigenvalue weighted by Crippen LogP contribution is 2.56. The van der Waals surface area contributed by atoms with Crippen LogP contribution in [0.4, 0.5) is 0 Å². The van der Waals surface area contributed by atoms with Gasteiger partial charge in [-0.15, -0.1) is 5.06 Å². The number of carbonyl (C=O) groups excluding carboxylic acids is 2. The van der Waals surface area contributed by atoms with E-state index in [1.165, 1.54) is 66.0 Å². The molecule has 4 atom stereocenters. The Labute approximate surface area is 335 Å². The van der Waals surface area contributed by atoms with Crippen LogP contribution in [0, 0.1) is 23.7 Å². The van der Waals surface area contributed by atoms with E-state index in [9.17, 15) is 9.59 Å². The van der Waals surface area contributed by atoms with Gasteiger partial charge in [0.25, 0.3) is 5.91 Å². The fraction of sp³-hybridized carbons (Fsp3) is 0.440. The number of piperazine rings is 1. The number of carbonyl (C=O) groups is 2. The second-order valence-electron chi connectivity index (χ2n) is 16.5. The van der Waals surface area contributed by atoms with E-state index in [0.717, 1.165) is 57.6 Å². The highest BCUT2D eigenvalue weighted by atomic mass is 16.7. The van der Waals surface area contributed by atoms with Gasteiger partial charge < -0.3 is 9.74 Å². The number of rotatable bonds is 21. The average molecular weight is 752 g/mol. The molecule has 6 nitrogen and oxygen atoms in total. The molecular weight excluding hydrogens is 691 g/mol. The summed E-state index contributed by atoms with van der Waals surface area (Å²) in [6, 6.07) is 33.0. The van der Waals surface area contributed by atoms with Gasteiger partial charge in [0.2, 0.25) is 0 Å². The van der Waals surface area contributed by atoms with Crippen molar-refractivity contribution in [1.29, 1.82) is 0 Å². The monoisotopic (exact) mass is 751 g/mol. The van der Waals surface area contributed by atoms with Gasteiger partial charge in [-0.05, 0) is 54.2 Å². The molecular formula is C50H61N3O3. The van der Waals surface area contributed by atoms with Crippen molar-refractivity contribution in [3.63, 3.8) is 0 Å². The Morgan fingerprint density at radius 2 is 1.11 bits per heavy atom. The molecule has 0 radical (unpaired) electrons. The molecule has 0 spiro atoms. The first kappa shape index (κ1) is 39.6. The van der Waals surface area contributed by atoms with E-state index in [1.54, 1.807) is 0 Å². The molecule has 2 heterocycles. The van der Waals surface area contributed by atoms with E-state index >= 15 is 0 Å². The first-order chi connectivity index (χ1) is 27.4. The summed E-state index contributed by atoms with van der Waals surface area (Å²) in [4.78, 5) is 36.6. The van der Waals surface area contributed by atoms with Crippen molar-refractivity contribution >= 4 is 11.7 Å². The molecule has 0 N–H and O–H groups in total. The Morgan fingerprint density at radius 1 is 0.625 bits per heavy atom. The number of Topliss-reactive ketones (excluding diaryl/α,β-unsaturated/α-hetero) is 1. The topological polar surface area (TPSA) is 53.1 Å². The third-order valence-corrected chi connectivity index (χ3v) is 12.9. The molecule has 3 fully saturated rings. The van der Waals surface area contributed by atoms with Crippen LogP contribution in [0.2, 0.25) is 0 Å². The Hall–Kier alpha value is -4.68. The van der Waals surface area contributed by atoms with Crippen LogP contribution in [0.25, 0.3) is 0 Å². The van der Waals surface area contributed by atoms with Crippen molar-refractivity contribution in [2.75, 3.05) is 26.2 Å². The molecule has 3 aromatic carbocycles. The Morgan fingerprint density at radius 3 is 1.62 bits per heavy atom. The van der Waals surface area contributed by atoms with E-state index in [-0.39, 0.29) is 29.1 Å². The first-order valence-corrected chi connectivity index (χ1v) is 21.3. The lowest BCUT2D eigenvalue weighted by molar-refractivity contribution is -0.161. The number of unbranched alkanes of at least 4 members (excludes halogenated alkanes) is 7. The molecule has 0 aromatic heterocycles. The molecule has 4 unspecified atom stereocenters. The molecule has 2 aliphatic heterocycles. The number of ketones is 1. The summed E-state index contributed by atoms with van der Waals surface area (Å²) in [5, 5.41) is 1.36. The lowest BCUT2D eigenvalue weighted by atomic mass is 9.75. The SMILES string of the molecule is C=C(CCC(=O)CCCCCCCCCCC(=C)N1CCN(C(c2ccccc2)(c2ccccc2)c2ccccc2)CC1)ON1C(=C)C2C3C=CC(C3)C2C1=O. The van der Waals surface area contributed by atoms with E-state index in [2.05, 4.69) is 133 Å². The zero-order chi connectivity index (χ0) is 38.9. The molecule has 6 heteroatoms. The van der Waals surface area contributed by atoms with Crippen LogP contribution in [0.1, 0.15) is 100 Å². The maximum atomic E-state index is 13.0. The minimum atomic E-state index is -0.359. The van der Waals surface area contributed by atoms with Crippen molar-refractivity contribution in [1.82, 2.24) is 14.9 Å². The fourth-order valence-electron chi connectivity index (χ4n) is 10.0. The van der Waals surface area contributed by atoms with Gasteiger partial charge in [-0.1, -0.05) is 161 Å². The molecule has 1 saturated carbocycles. The van der Waals surface area contributed by atoms with Crippen molar-refractivity contribution in [2.24, 2.45) is 23.7 Å². The molecule has 2 bridgehead atoms. The highest BCUT2D eigenvalue weighted by Gasteiger charge is 2.57. The minimum Gasteiger partial charge on any atom is -0.377 e. The predicted octanol–water partition coefficient (Wildman–Crippen LogP) is 10.6. The highest BCUT2D eigenvalue weighted by molar-refractivity contribution is 5.85. The Bertz CT molecular complexity index is 1720. The zero-order valence-corrected chi connectivity index (χ0v) is 33.3. The van der Waals surface area contributed by atoms with Crippen LogP contribution >= 0.6 is 0 Å². The van der Waals surface area contributed by atoms with Crippen molar-refractivity contribution < 1.29 is 14.4 Å². The molecule has 294 valence electrons. The molecule has 56 heavy (non-hydrogen) atoms. The van der Waals surface area contributed by atoms with E-state index in [1.807, 2.05) is 0 Å². The first-order valence-electron chi connectivity index (χ1n) is 21.3. The summed E-state index contributed by atoms with van der Waals surface area (Å²) < 4.78 is 0. The molecule has 4 aliphatic rings. The third kappa shape index (κ3) is 8.51. The number of fused-ring (bicyclic) bond motifs is 5.